The topological polar surface area (TPSA) is 55.2 Å². The first-order chi connectivity index (χ1) is 12.3. The second kappa shape index (κ2) is 8.97. The number of carbonyl (C=O) groups excluding carboxylic acids is 1. The van der Waals surface area contributed by atoms with E-state index >= 15 is 0 Å². The standard InChI is InChI=1S/C21H31N3O2/c1-15(2)10-12-23(13-11-16(3)4)20(25)14-24-21(26)19-9-7-6-8-18(19)17(5)22-24/h6-9,15-16H,10-14H2,1-5H3. The molecule has 1 heterocycles. The van der Waals surface area contributed by atoms with E-state index in [1.165, 1.54) is 4.68 Å². The zero-order valence-corrected chi connectivity index (χ0v) is 16.7. The molecule has 0 N–H and O–H groups in total. The predicted molar refractivity (Wildman–Crippen MR) is 106 cm³/mol. The molecule has 5 nitrogen and oxygen atoms in total. The maximum absolute atomic E-state index is 12.9. The summed E-state index contributed by atoms with van der Waals surface area (Å²) >= 11 is 0. The molecule has 2 rings (SSSR count). The fourth-order valence-corrected chi connectivity index (χ4v) is 2.93. The molecule has 0 bridgehead atoms. The molecule has 0 spiro atoms. The molecule has 0 radical (unpaired) electrons. The van der Waals surface area contributed by atoms with E-state index in [-0.39, 0.29) is 18.0 Å². The van der Waals surface area contributed by atoms with E-state index in [1.54, 1.807) is 6.07 Å². The van der Waals surface area contributed by atoms with Gasteiger partial charge in [-0.15, -0.1) is 0 Å². The highest BCUT2D eigenvalue weighted by atomic mass is 16.2. The molecule has 1 aromatic carbocycles. The van der Waals surface area contributed by atoms with Crippen LogP contribution in [-0.2, 0) is 11.3 Å². The van der Waals surface area contributed by atoms with Gasteiger partial charge < -0.3 is 4.90 Å². The van der Waals surface area contributed by atoms with Crippen LogP contribution in [0.25, 0.3) is 10.8 Å². The molecule has 26 heavy (non-hydrogen) atoms. The van der Waals surface area contributed by atoms with Crippen molar-refractivity contribution in [3.8, 4) is 0 Å². The lowest BCUT2D eigenvalue weighted by molar-refractivity contribution is -0.132. The number of rotatable bonds is 8. The van der Waals surface area contributed by atoms with Crippen molar-refractivity contribution in [2.45, 2.75) is 54.0 Å². The van der Waals surface area contributed by atoms with Crippen LogP contribution in [0.3, 0.4) is 0 Å². The minimum absolute atomic E-state index is 0.000693. The largest absolute Gasteiger partial charge is 0.341 e. The van der Waals surface area contributed by atoms with Crippen LogP contribution in [0.4, 0.5) is 0 Å². The molecule has 1 aromatic heterocycles. The summed E-state index contributed by atoms with van der Waals surface area (Å²) in [5, 5.41) is 5.83. The van der Waals surface area contributed by atoms with Crippen LogP contribution in [-0.4, -0.2) is 33.7 Å². The summed E-state index contributed by atoms with van der Waals surface area (Å²) in [5.74, 6) is 1.04. The molecule has 0 atom stereocenters. The zero-order chi connectivity index (χ0) is 19.3. The minimum Gasteiger partial charge on any atom is -0.341 e. The minimum atomic E-state index is -0.202. The van der Waals surface area contributed by atoms with Gasteiger partial charge in [-0.1, -0.05) is 45.9 Å². The van der Waals surface area contributed by atoms with Crippen molar-refractivity contribution in [3.63, 3.8) is 0 Å². The first-order valence-electron chi connectivity index (χ1n) is 9.53. The van der Waals surface area contributed by atoms with Gasteiger partial charge in [0.1, 0.15) is 6.54 Å². The molecule has 1 amide bonds. The van der Waals surface area contributed by atoms with Crippen LogP contribution in [0.15, 0.2) is 29.1 Å². The second-order valence-corrected chi connectivity index (χ2v) is 7.84. The zero-order valence-electron chi connectivity index (χ0n) is 16.7. The average molecular weight is 357 g/mol. The fraction of sp³-hybridized carbons (Fsp3) is 0.571. The third-order valence-electron chi connectivity index (χ3n) is 4.64. The average Bonchev–Trinajstić information content (AvgIpc) is 2.59. The van der Waals surface area contributed by atoms with Gasteiger partial charge in [0.05, 0.1) is 11.1 Å². The van der Waals surface area contributed by atoms with Crippen LogP contribution in [0.1, 0.15) is 46.2 Å². The number of nitrogens with zero attached hydrogens (tertiary/aromatic N) is 3. The first kappa shape index (κ1) is 20.1. The van der Waals surface area contributed by atoms with Gasteiger partial charge in [0.25, 0.3) is 5.56 Å². The number of benzene rings is 1. The second-order valence-electron chi connectivity index (χ2n) is 7.84. The normalized spacial score (nSPS) is 11.5. The lowest BCUT2D eigenvalue weighted by Crippen LogP contribution is -2.39. The van der Waals surface area contributed by atoms with Gasteiger partial charge in [0.15, 0.2) is 0 Å². The summed E-state index contributed by atoms with van der Waals surface area (Å²) in [6.45, 7) is 12.0. The van der Waals surface area contributed by atoms with Gasteiger partial charge in [-0.05, 0) is 37.7 Å². The Balaban J connectivity index is 2.23. The lowest BCUT2D eigenvalue weighted by atomic mass is 10.1. The number of hydrogen-bond donors (Lipinski definition) is 0. The summed E-state index contributed by atoms with van der Waals surface area (Å²) in [5.41, 5.74) is 0.566. The van der Waals surface area contributed by atoms with Gasteiger partial charge >= 0.3 is 0 Å². The van der Waals surface area contributed by atoms with E-state index in [0.29, 0.717) is 17.2 Å². The quantitative estimate of drug-likeness (QED) is 0.725. The molecular formula is C21H31N3O2. The molecule has 0 aliphatic carbocycles. The molecule has 0 saturated carbocycles. The van der Waals surface area contributed by atoms with Crippen molar-refractivity contribution in [1.29, 1.82) is 0 Å². The Bertz CT molecular complexity index is 796. The highest BCUT2D eigenvalue weighted by molar-refractivity contribution is 5.83. The van der Waals surface area contributed by atoms with Crippen LogP contribution in [0.2, 0.25) is 0 Å². The molecule has 0 unspecified atom stereocenters. The van der Waals surface area contributed by atoms with Gasteiger partial charge in [-0.3, -0.25) is 9.59 Å². The van der Waals surface area contributed by atoms with Crippen molar-refractivity contribution >= 4 is 16.7 Å². The third-order valence-corrected chi connectivity index (χ3v) is 4.64. The number of amides is 1. The van der Waals surface area contributed by atoms with E-state index < -0.39 is 0 Å². The summed E-state index contributed by atoms with van der Waals surface area (Å²) < 4.78 is 1.32. The molecule has 142 valence electrons. The highest BCUT2D eigenvalue weighted by Crippen LogP contribution is 2.12. The van der Waals surface area contributed by atoms with Gasteiger partial charge in [0.2, 0.25) is 5.91 Å². The molecule has 0 aliphatic rings. The van der Waals surface area contributed by atoms with Crippen LogP contribution in [0, 0.1) is 18.8 Å². The Hall–Kier alpha value is -2.17. The van der Waals surface area contributed by atoms with Crippen molar-refractivity contribution in [2.75, 3.05) is 13.1 Å². The maximum atomic E-state index is 12.9. The van der Waals surface area contributed by atoms with Gasteiger partial charge in [-0.25, -0.2) is 4.68 Å². The van der Waals surface area contributed by atoms with Crippen molar-refractivity contribution in [3.05, 3.63) is 40.3 Å². The lowest BCUT2D eigenvalue weighted by Gasteiger charge is -2.25. The summed E-state index contributed by atoms with van der Waals surface area (Å²) in [4.78, 5) is 27.5. The van der Waals surface area contributed by atoms with Gasteiger partial charge in [-0.2, -0.15) is 5.10 Å². The van der Waals surface area contributed by atoms with Crippen molar-refractivity contribution in [1.82, 2.24) is 14.7 Å². The number of aryl methyl sites for hydroxylation is 1. The molecule has 5 heteroatoms. The third kappa shape index (κ3) is 5.16. The molecule has 0 saturated heterocycles. The van der Waals surface area contributed by atoms with Gasteiger partial charge in [0, 0.05) is 18.5 Å². The number of carbonyl (C=O) groups is 1. The van der Waals surface area contributed by atoms with E-state index in [1.807, 2.05) is 30.0 Å². The van der Waals surface area contributed by atoms with Crippen molar-refractivity contribution < 1.29 is 4.79 Å². The van der Waals surface area contributed by atoms with E-state index in [9.17, 15) is 9.59 Å². The van der Waals surface area contributed by atoms with E-state index in [2.05, 4.69) is 32.8 Å². The summed E-state index contributed by atoms with van der Waals surface area (Å²) in [6, 6.07) is 7.42. The number of aromatic nitrogens is 2. The summed E-state index contributed by atoms with van der Waals surface area (Å²) in [7, 11) is 0. The predicted octanol–water partition coefficient (Wildman–Crippen LogP) is 3.63. The molecule has 0 aliphatic heterocycles. The monoisotopic (exact) mass is 357 g/mol. The number of fused-ring (bicyclic) bond motifs is 1. The fourth-order valence-electron chi connectivity index (χ4n) is 2.93. The Morgan fingerprint density at radius 2 is 1.58 bits per heavy atom. The van der Waals surface area contributed by atoms with Crippen LogP contribution in [0.5, 0.6) is 0 Å². The smallest absolute Gasteiger partial charge is 0.275 e. The maximum Gasteiger partial charge on any atom is 0.275 e. The van der Waals surface area contributed by atoms with E-state index in [4.69, 9.17) is 0 Å². The van der Waals surface area contributed by atoms with Crippen LogP contribution >= 0.6 is 0 Å². The van der Waals surface area contributed by atoms with E-state index in [0.717, 1.165) is 37.0 Å². The Labute approximate surface area is 156 Å². The Morgan fingerprint density at radius 1 is 1.04 bits per heavy atom. The summed E-state index contributed by atoms with van der Waals surface area (Å²) in [6.07, 6.45) is 1.92. The Morgan fingerprint density at radius 3 is 2.12 bits per heavy atom. The highest BCUT2D eigenvalue weighted by Gasteiger charge is 2.17. The molecule has 0 fully saturated rings. The SMILES string of the molecule is Cc1nn(CC(=O)N(CCC(C)C)CCC(C)C)c(=O)c2ccccc12. The van der Waals surface area contributed by atoms with Crippen LogP contribution < -0.4 is 5.56 Å². The molecular weight excluding hydrogens is 326 g/mol. The van der Waals surface area contributed by atoms with Crippen molar-refractivity contribution in [2.24, 2.45) is 11.8 Å². The number of hydrogen-bond acceptors (Lipinski definition) is 3. The Kier molecular flexibility index (Phi) is 6.95. The molecule has 2 aromatic rings. The first-order valence-corrected chi connectivity index (χ1v) is 9.53.